The Labute approximate surface area is 106 Å². The molecule has 0 fully saturated rings. The number of ether oxygens (including phenoxy) is 1. The average molecular weight is 286 g/mol. The van der Waals surface area contributed by atoms with E-state index in [4.69, 9.17) is 10.5 Å². The fourth-order valence-corrected chi connectivity index (χ4v) is 1.88. The second-order valence-corrected chi connectivity index (χ2v) is 5.19. The zero-order valence-electron chi connectivity index (χ0n) is 10.2. The van der Waals surface area contributed by atoms with Crippen molar-refractivity contribution >= 4 is 15.9 Å². The maximum atomic E-state index is 5.87. The summed E-state index contributed by atoms with van der Waals surface area (Å²) < 4.78 is 6.94. The molecule has 2 unspecified atom stereocenters. The van der Waals surface area contributed by atoms with E-state index in [2.05, 4.69) is 35.8 Å². The summed E-state index contributed by atoms with van der Waals surface area (Å²) in [7, 11) is 0. The molecule has 0 heterocycles. The Bertz CT molecular complexity index is 339. The van der Waals surface area contributed by atoms with Crippen LogP contribution < -0.4 is 10.5 Å². The minimum Gasteiger partial charge on any atom is -0.490 e. The third-order valence-corrected chi connectivity index (χ3v) is 2.96. The Balaban J connectivity index is 2.88. The minimum atomic E-state index is 0.147. The van der Waals surface area contributed by atoms with Gasteiger partial charge in [-0.15, -0.1) is 0 Å². The van der Waals surface area contributed by atoms with Crippen LogP contribution >= 0.6 is 15.9 Å². The second-order valence-electron chi connectivity index (χ2n) is 4.27. The van der Waals surface area contributed by atoms with Crippen molar-refractivity contribution in [1.29, 1.82) is 0 Å². The Morgan fingerprint density at radius 1 is 1.38 bits per heavy atom. The van der Waals surface area contributed by atoms with Gasteiger partial charge >= 0.3 is 0 Å². The summed E-state index contributed by atoms with van der Waals surface area (Å²) >= 11 is 3.47. The Morgan fingerprint density at radius 2 is 2.06 bits per heavy atom. The molecule has 1 aromatic carbocycles. The highest BCUT2D eigenvalue weighted by Gasteiger charge is 2.09. The maximum absolute atomic E-state index is 5.87. The molecule has 0 bridgehead atoms. The normalized spacial score (nSPS) is 14.6. The van der Waals surface area contributed by atoms with Crippen LogP contribution in [0.3, 0.4) is 0 Å². The third-order valence-electron chi connectivity index (χ3n) is 2.47. The summed E-state index contributed by atoms with van der Waals surface area (Å²) in [5.74, 6) is 0.954. The van der Waals surface area contributed by atoms with Crippen molar-refractivity contribution in [2.45, 2.75) is 45.8 Å². The van der Waals surface area contributed by atoms with Crippen molar-refractivity contribution in [3.05, 3.63) is 28.2 Å². The molecule has 0 spiro atoms. The number of halogens is 1. The quantitative estimate of drug-likeness (QED) is 0.899. The molecule has 1 aromatic rings. The van der Waals surface area contributed by atoms with Crippen molar-refractivity contribution in [3.63, 3.8) is 0 Å². The lowest BCUT2D eigenvalue weighted by molar-refractivity contribution is 0.215. The van der Waals surface area contributed by atoms with Gasteiger partial charge < -0.3 is 10.5 Å². The molecule has 0 saturated heterocycles. The monoisotopic (exact) mass is 285 g/mol. The predicted molar refractivity (Wildman–Crippen MR) is 71.9 cm³/mol. The van der Waals surface area contributed by atoms with E-state index in [1.165, 1.54) is 5.56 Å². The number of nitrogens with two attached hydrogens (primary N) is 1. The zero-order chi connectivity index (χ0) is 12.1. The molecule has 0 saturated carbocycles. The molecular formula is C13H20BrNO. The van der Waals surface area contributed by atoms with Crippen LogP contribution in [0.1, 0.15) is 32.8 Å². The van der Waals surface area contributed by atoms with Crippen LogP contribution in [0, 0.1) is 0 Å². The predicted octanol–water partition coefficient (Wildman–Crippen LogP) is 3.52. The Hall–Kier alpha value is -0.540. The molecule has 3 heteroatoms. The van der Waals surface area contributed by atoms with Crippen LogP contribution in [0.5, 0.6) is 5.75 Å². The lowest BCUT2D eigenvalue weighted by atomic mass is 10.1. The summed E-state index contributed by atoms with van der Waals surface area (Å²) in [6.07, 6.45) is 2.09. The highest BCUT2D eigenvalue weighted by atomic mass is 79.9. The summed E-state index contributed by atoms with van der Waals surface area (Å²) in [6, 6.07) is 6.24. The first-order valence-corrected chi connectivity index (χ1v) is 6.53. The van der Waals surface area contributed by atoms with E-state index in [9.17, 15) is 0 Å². The van der Waals surface area contributed by atoms with Crippen LogP contribution in [0.4, 0.5) is 0 Å². The molecule has 0 aliphatic heterocycles. The van der Waals surface area contributed by atoms with Gasteiger partial charge in [-0.2, -0.15) is 0 Å². The highest BCUT2D eigenvalue weighted by molar-refractivity contribution is 9.10. The van der Waals surface area contributed by atoms with E-state index >= 15 is 0 Å². The van der Waals surface area contributed by atoms with E-state index in [1.54, 1.807) is 0 Å². The van der Waals surface area contributed by atoms with Gasteiger partial charge in [-0.05, 0) is 50.5 Å². The van der Waals surface area contributed by atoms with E-state index in [1.807, 2.05) is 19.1 Å². The second kappa shape index (κ2) is 6.26. The molecule has 16 heavy (non-hydrogen) atoms. The van der Waals surface area contributed by atoms with Crippen molar-refractivity contribution < 1.29 is 4.74 Å². The van der Waals surface area contributed by atoms with Gasteiger partial charge in [-0.1, -0.05) is 22.9 Å². The van der Waals surface area contributed by atoms with Gasteiger partial charge in [0.2, 0.25) is 0 Å². The van der Waals surface area contributed by atoms with Gasteiger partial charge in [0.15, 0.2) is 0 Å². The maximum Gasteiger partial charge on any atom is 0.123 e. The number of hydrogen-bond acceptors (Lipinski definition) is 2. The molecule has 2 nitrogen and oxygen atoms in total. The van der Waals surface area contributed by atoms with Crippen LogP contribution in [-0.4, -0.2) is 12.1 Å². The fourth-order valence-electron chi connectivity index (χ4n) is 1.47. The van der Waals surface area contributed by atoms with Gasteiger partial charge in [0, 0.05) is 10.5 Å². The largest absolute Gasteiger partial charge is 0.490 e. The Kier molecular flexibility index (Phi) is 5.29. The van der Waals surface area contributed by atoms with Crippen molar-refractivity contribution in [3.8, 4) is 5.75 Å². The molecule has 0 aliphatic carbocycles. The van der Waals surface area contributed by atoms with Gasteiger partial charge in [0.1, 0.15) is 5.75 Å². The van der Waals surface area contributed by atoms with Gasteiger partial charge in [0.25, 0.3) is 0 Å². The standard InChI is InChI=1S/C13H20BrNO/c1-4-10(3)16-13-6-5-12(14)8-11(13)7-9(2)15/h5-6,8-10H,4,7,15H2,1-3H3. The van der Waals surface area contributed by atoms with E-state index in [0.29, 0.717) is 0 Å². The van der Waals surface area contributed by atoms with E-state index < -0.39 is 0 Å². The number of benzene rings is 1. The van der Waals surface area contributed by atoms with Crippen molar-refractivity contribution in [2.75, 3.05) is 0 Å². The van der Waals surface area contributed by atoms with Crippen LogP contribution in [-0.2, 0) is 6.42 Å². The third kappa shape index (κ3) is 4.14. The van der Waals surface area contributed by atoms with Crippen molar-refractivity contribution in [1.82, 2.24) is 0 Å². The molecule has 0 aromatic heterocycles. The zero-order valence-corrected chi connectivity index (χ0v) is 11.8. The average Bonchev–Trinajstić information content (AvgIpc) is 2.21. The Morgan fingerprint density at radius 3 is 2.62 bits per heavy atom. The lowest BCUT2D eigenvalue weighted by Gasteiger charge is -2.17. The summed E-state index contributed by atoms with van der Waals surface area (Å²) in [4.78, 5) is 0. The molecule has 0 radical (unpaired) electrons. The molecule has 0 aliphatic rings. The van der Waals surface area contributed by atoms with Gasteiger partial charge in [0.05, 0.1) is 6.10 Å². The van der Waals surface area contributed by atoms with Crippen LogP contribution in [0.25, 0.3) is 0 Å². The summed E-state index contributed by atoms with van der Waals surface area (Å²) in [5.41, 5.74) is 7.01. The number of rotatable bonds is 5. The highest BCUT2D eigenvalue weighted by Crippen LogP contribution is 2.25. The molecular weight excluding hydrogens is 266 g/mol. The number of hydrogen-bond donors (Lipinski definition) is 1. The first kappa shape index (κ1) is 13.5. The summed E-state index contributed by atoms with van der Waals surface area (Å²) in [6.45, 7) is 6.21. The molecule has 0 amide bonds. The fraction of sp³-hybridized carbons (Fsp3) is 0.538. The smallest absolute Gasteiger partial charge is 0.123 e. The first-order valence-electron chi connectivity index (χ1n) is 5.73. The van der Waals surface area contributed by atoms with E-state index in [-0.39, 0.29) is 12.1 Å². The summed E-state index contributed by atoms with van der Waals surface area (Å²) in [5, 5.41) is 0. The van der Waals surface area contributed by atoms with Gasteiger partial charge in [-0.3, -0.25) is 0 Å². The topological polar surface area (TPSA) is 35.2 Å². The van der Waals surface area contributed by atoms with Crippen molar-refractivity contribution in [2.24, 2.45) is 5.73 Å². The molecule has 2 N–H and O–H groups in total. The van der Waals surface area contributed by atoms with Gasteiger partial charge in [-0.25, -0.2) is 0 Å². The first-order chi connectivity index (χ1) is 7.52. The SMILES string of the molecule is CCC(C)Oc1ccc(Br)cc1CC(C)N. The van der Waals surface area contributed by atoms with E-state index in [0.717, 1.165) is 23.1 Å². The minimum absolute atomic E-state index is 0.147. The molecule has 1 rings (SSSR count). The molecule has 90 valence electrons. The van der Waals surface area contributed by atoms with Crippen LogP contribution in [0.2, 0.25) is 0 Å². The van der Waals surface area contributed by atoms with Crippen LogP contribution in [0.15, 0.2) is 22.7 Å². The lowest BCUT2D eigenvalue weighted by Crippen LogP contribution is -2.19. The molecule has 2 atom stereocenters.